The fraction of sp³-hybridized carbons (Fsp3) is 0.647. The first-order valence-corrected chi connectivity index (χ1v) is 7.83. The van der Waals surface area contributed by atoms with E-state index < -0.39 is 0 Å². The van der Waals surface area contributed by atoms with E-state index in [1.807, 2.05) is 0 Å². The number of fused-ring (bicyclic) bond motifs is 1. The summed E-state index contributed by atoms with van der Waals surface area (Å²) in [5.74, 6) is 0.619. The van der Waals surface area contributed by atoms with Gasteiger partial charge in [0, 0.05) is 18.6 Å². The van der Waals surface area contributed by atoms with E-state index in [-0.39, 0.29) is 0 Å². The van der Waals surface area contributed by atoms with E-state index in [0.29, 0.717) is 18.0 Å². The Morgan fingerprint density at radius 3 is 2.47 bits per heavy atom. The van der Waals surface area contributed by atoms with Crippen molar-refractivity contribution >= 4 is 0 Å². The fourth-order valence-electron chi connectivity index (χ4n) is 3.61. The summed E-state index contributed by atoms with van der Waals surface area (Å²) >= 11 is 0. The Morgan fingerprint density at radius 2 is 1.74 bits per heavy atom. The molecule has 0 bridgehead atoms. The number of nitrogens with zero attached hydrogens (tertiary/aromatic N) is 1. The molecule has 1 aromatic carbocycles. The highest BCUT2D eigenvalue weighted by Crippen LogP contribution is 2.33. The van der Waals surface area contributed by atoms with Gasteiger partial charge in [-0.15, -0.1) is 0 Å². The maximum absolute atomic E-state index is 3.83. The Bertz CT molecular complexity index is 423. The Balaban J connectivity index is 1.79. The standard InChI is InChI=1S/C17H26N2/c1-13-14(2)18-17(12-19-10-6-3-7-11-19)16-9-5-4-8-15(13)16/h4-5,8-9,13-14,17-18H,3,6-7,10-12H2,1-2H3. The van der Waals surface area contributed by atoms with Crippen molar-refractivity contribution in [1.29, 1.82) is 0 Å². The van der Waals surface area contributed by atoms with Crippen LogP contribution in [0.15, 0.2) is 24.3 Å². The zero-order chi connectivity index (χ0) is 13.2. The largest absolute Gasteiger partial charge is 0.306 e. The summed E-state index contributed by atoms with van der Waals surface area (Å²) < 4.78 is 0. The number of piperidine rings is 1. The van der Waals surface area contributed by atoms with E-state index in [9.17, 15) is 0 Å². The van der Waals surface area contributed by atoms with E-state index in [0.717, 1.165) is 0 Å². The summed E-state index contributed by atoms with van der Waals surface area (Å²) in [7, 11) is 0. The molecule has 0 aromatic heterocycles. The third kappa shape index (κ3) is 2.70. The van der Waals surface area contributed by atoms with Crippen LogP contribution in [-0.4, -0.2) is 30.6 Å². The summed E-state index contributed by atoms with van der Waals surface area (Å²) in [6, 6.07) is 10.1. The van der Waals surface area contributed by atoms with Crippen molar-refractivity contribution in [3.63, 3.8) is 0 Å². The van der Waals surface area contributed by atoms with E-state index >= 15 is 0 Å². The average molecular weight is 258 g/mol. The molecule has 2 heteroatoms. The van der Waals surface area contributed by atoms with Gasteiger partial charge < -0.3 is 10.2 Å². The quantitative estimate of drug-likeness (QED) is 0.875. The molecule has 1 saturated heterocycles. The van der Waals surface area contributed by atoms with Crippen molar-refractivity contribution in [1.82, 2.24) is 10.2 Å². The van der Waals surface area contributed by atoms with Crippen LogP contribution in [-0.2, 0) is 0 Å². The zero-order valence-electron chi connectivity index (χ0n) is 12.2. The molecule has 1 N–H and O–H groups in total. The summed E-state index contributed by atoms with van der Waals surface area (Å²) in [4.78, 5) is 2.64. The van der Waals surface area contributed by atoms with Crippen molar-refractivity contribution in [3.8, 4) is 0 Å². The van der Waals surface area contributed by atoms with Crippen LogP contribution in [0.3, 0.4) is 0 Å². The molecule has 3 atom stereocenters. The van der Waals surface area contributed by atoms with Crippen LogP contribution in [0.2, 0.25) is 0 Å². The Morgan fingerprint density at radius 1 is 1.05 bits per heavy atom. The second kappa shape index (κ2) is 5.64. The maximum atomic E-state index is 3.83. The number of rotatable bonds is 2. The van der Waals surface area contributed by atoms with E-state index in [1.165, 1.54) is 44.5 Å². The first-order valence-electron chi connectivity index (χ1n) is 7.83. The first-order chi connectivity index (χ1) is 9.25. The topological polar surface area (TPSA) is 15.3 Å². The molecular weight excluding hydrogens is 232 g/mol. The third-order valence-corrected chi connectivity index (χ3v) is 4.97. The molecule has 2 aliphatic rings. The van der Waals surface area contributed by atoms with Crippen LogP contribution >= 0.6 is 0 Å². The molecule has 2 heterocycles. The van der Waals surface area contributed by atoms with Gasteiger partial charge in [0.2, 0.25) is 0 Å². The molecule has 0 aliphatic carbocycles. The van der Waals surface area contributed by atoms with Gasteiger partial charge in [0.05, 0.1) is 0 Å². The van der Waals surface area contributed by atoms with E-state index in [1.54, 1.807) is 5.56 Å². The van der Waals surface area contributed by atoms with Gasteiger partial charge in [-0.05, 0) is 49.9 Å². The van der Waals surface area contributed by atoms with Crippen LogP contribution in [0.25, 0.3) is 0 Å². The molecular formula is C17H26N2. The highest BCUT2D eigenvalue weighted by Gasteiger charge is 2.30. The minimum atomic E-state index is 0.514. The van der Waals surface area contributed by atoms with E-state index in [4.69, 9.17) is 0 Å². The fourth-order valence-corrected chi connectivity index (χ4v) is 3.61. The molecule has 1 aromatic rings. The van der Waals surface area contributed by atoms with Gasteiger partial charge in [0.15, 0.2) is 0 Å². The summed E-state index contributed by atoms with van der Waals surface area (Å²) in [6.07, 6.45) is 4.17. The predicted octanol–water partition coefficient (Wildman–Crippen LogP) is 3.31. The number of nitrogens with one attached hydrogen (secondary N) is 1. The molecule has 0 amide bonds. The number of hydrogen-bond acceptors (Lipinski definition) is 2. The lowest BCUT2D eigenvalue weighted by Gasteiger charge is -2.39. The number of hydrogen-bond donors (Lipinski definition) is 1. The number of likely N-dealkylation sites (tertiary alicyclic amines) is 1. The van der Waals surface area contributed by atoms with Crippen LogP contribution in [0.1, 0.15) is 56.2 Å². The van der Waals surface area contributed by atoms with Gasteiger partial charge >= 0.3 is 0 Å². The van der Waals surface area contributed by atoms with Crippen molar-refractivity contribution in [3.05, 3.63) is 35.4 Å². The predicted molar refractivity (Wildman–Crippen MR) is 80.5 cm³/mol. The molecule has 19 heavy (non-hydrogen) atoms. The molecule has 104 valence electrons. The molecule has 2 aliphatic heterocycles. The lowest BCUT2D eigenvalue weighted by molar-refractivity contribution is 0.193. The molecule has 2 nitrogen and oxygen atoms in total. The molecule has 1 fully saturated rings. The van der Waals surface area contributed by atoms with Crippen molar-refractivity contribution in [2.75, 3.05) is 19.6 Å². The number of benzene rings is 1. The van der Waals surface area contributed by atoms with Crippen molar-refractivity contribution in [2.24, 2.45) is 0 Å². The first kappa shape index (κ1) is 13.1. The Kier molecular flexibility index (Phi) is 3.90. The van der Waals surface area contributed by atoms with Crippen LogP contribution in [0.4, 0.5) is 0 Å². The summed E-state index contributed by atoms with van der Waals surface area (Å²) in [5, 5.41) is 3.83. The summed E-state index contributed by atoms with van der Waals surface area (Å²) in [5.41, 5.74) is 3.08. The smallest absolute Gasteiger partial charge is 0.0454 e. The van der Waals surface area contributed by atoms with Gasteiger partial charge in [-0.3, -0.25) is 0 Å². The molecule has 3 unspecified atom stereocenters. The van der Waals surface area contributed by atoms with E-state index in [2.05, 4.69) is 48.3 Å². The lowest BCUT2D eigenvalue weighted by Crippen LogP contribution is -2.45. The average Bonchev–Trinajstić information content (AvgIpc) is 2.46. The minimum Gasteiger partial charge on any atom is -0.306 e. The highest BCUT2D eigenvalue weighted by atomic mass is 15.2. The SMILES string of the molecule is CC1NC(CN2CCCCC2)c2ccccc2C1C. The lowest BCUT2D eigenvalue weighted by atomic mass is 9.83. The normalized spacial score (nSPS) is 32.0. The maximum Gasteiger partial charge on any atom is 0.0454 e. The van der Waals surface area contributed by atoms with Gasteiger partial charge in [-0.1, -0.05) is 37.6 Å². The van der Waals surface area contributed by atoms with Gasteiger partial charge in [0.25, 0.3) is 0 Å². The van der Waals surface area contributed by atoms with Gasteiger partial charge in [0.1, 0.15) is 0 Å². The van der Waals surface area contributed by atoms with Crippen LogP contribution < -0.4 is 5.32 Å². The van der Waals surface area contributed by atoms with Crippen molar-refractivity contribution in [2.45, 2.75) is 51.1 Å². The third-order valence-electron chi connectivity index (χ3n) is 4.97. The molecule has 0 radical (unpaired) electrons. The van der Waals surface area contributed by atoms with Gasteiger partial charge in [-0.25, -0.2) is 0 Å². The van der Waals surface area contributed by atoms with Crippen LogP contribution in [0, 0.1) is 0 Å². The van der Waals surface area contributed by atoms with Crippen molar-refractivity contribution < 1.29 is 0 Å². The monoisotopic (exact) mass is 258 g/mol. The Hall–Kier alpha value is -0.860. The second-order valence-corrected chi connectivity index (χ2v) is 6.29. The van der Waals surface area contributed by atoms with Gasteiger partial charge in [-0.2, -0.15) is 0 Å². The minimum absolute atomic E-state index is 0.514. The molecule has 0 saturated carbocycles. The Labute approximate surface area is 117 Å². The molecule has 3 rings (SSSR count). The highest BCUT2D eigenvalue weighted by molar-refractivity contribution is 5.36. The van der Waals surface area contributed by atoms with Crippen LogP contribution in [0.5, 0.6) is 0 Å². The zero-order valence-corrected chi connectivity index (χ0v) is 12.2. The second-order valence-electron chi connectivity index (χ2n) is 6.29. The summed E-state index contributed by atoms with van der Waals surface area (Å²) in [6.45, 7) is 8.40. The molecule has 0 spiro atoms.